The standard InChI is InChI=1S/C24H22N4O3S/c1-30-20-12-16-8-9-27(23(22-7-4-10-32-22)19(16)13-21(20)31-2)24(29)17-5-3-6-18(11-17)28-15-25-14-26-28/h3-7,10-15,23H,8-9H2,1-2H3/t23-/m1/s1. The quantitative estimate of drug-likeness (QED) is 0.461. The van der Waals surface area contributed by atoms with E-state index in [0.29, 0.717) is 23.6 Å². The lowest BCUT2D eigenvalue weighted by Gasteiger charge is -2.37. The van der Waals surface area contributed by atoms with Crippen LogP contribution in [-0.4, -0.2) is 46.3 Å². The number of rotatable bonds is 5. The molecule has 162 valence electrons. The Balaban J connectivity index is 1.57. The van der Waals surface area contributed by atoms with Gasteiger partial charge in [-0.15, -0.1) is 11.3 Å². The maximum Gasteiger partial charge on any atom is 0.254 e. The van der Waals surface area contributed by atoms with Gasteiger partial charge in [-0.05, 0) is 59.3 Å². The molecule has 5 rings (SSSR count). The molecule has 0 unspecified atom stereocenters. The van der Waals surface area contributed by atoms with Crippen LogP contribution < -0.4 is 9.47 Å². The number of benzene rings is 2. The largest absolute Gasteiger partial charge is 0.493 e. The normalized spacial score (nSPS) is 15.3. The molecule has 0 saturated carbocycles. The number of ether oxygens (including phenoxy) is 2. The Morgan fingerprint density at radius 2 is 1.94 bits per heavy atom. The molecular formula is C24H22N4O3S. The molecular weight excluding hydrogens is 424 g/mol. The van der Waals surface area contributed by atoms with Crippen LogP contribution in [-0.2, 0) is 6.42 Å². The van der Waals surface area contributed by atoms with Gasteiger partial charge in [0.15, 0.2) is 11.5 Å². The van der Waals surface area contributed by atoms with Crippen molar-refractivity contribution in [1.29, 1.82) is 0 Å². The van der Waals surface area contributed by atoms with Crippen LogP contribution in [0.4, 0.5) is 0 Å². The molecule has 0 fully saturated rings. The highest BCUT2D eigenvalue weighted by molar-refractivity contribution is 7.10. The summed E-state index contributed by atoms with van der Waals surface area (Å²) in [7, 11) is 3.27. The van der Waals surface area contributed by atoms with Crippen molar-refractivity contribution in [2.75, 3.05) is 20.8 Å². The second-order valence-electron chi connectivity index (χ2n) is 7.46. The van der Waals surface area contributed by atoms with Crippen LogP contribution >= 0.6 is 11.3 Å². The molecule has 0 N–H and O–H groups in total. The van der Waals surface area contributed by atoms with Crippen molar-refractivity contribution >= 4 is 17.2 Å². The Labute approximate surface area is 189 Å². The van der Waals surface area contributed by atoms with Crippen LogP contribution in [0.25, 0.3) is 5.69 Å². The van der Waals surface area contributed by atoms with Gasteiger partial charge >= 0.3 is 0 Å². The molecule has 2 aromatic heterocycles. The smallest absolute Gasteiger partial charge is 0.254 e. The molecule has 0 saturated heterocycles. The molecule has 1 aliphatic rings. The van der Waals surface area contributed by atoms with E-state index in [2.05, 4.69) is 16.1 Å². The van der Waals surface area contributed by atoms with Gasteiger partial charge < -0.3 is 14.4 Å². The SMILES string of the molecule is COc1cc2c(cc1OC)[C@H](c1cccs1)N(C(=O)c1cccc(-n3cncn3)c1)CC2. The Kier molecular flexibility index (Phi) is 5.36. The van der Waals surface area contributed by atoms with Gasteiger partial charge in [-0.3, -0.25) is 4.79 Å². The molecule has 8 heteroatoms. The van der Waals surface area contributed by atoms with Gasteiger partial charge in [-0.25, -0.2) is 9.67 Å². The van der Waals surface area contributed by atoms with E-state index in [1.807, 2.05) is 52.7 Å². The number of hydrogen-bond acceptors (Lipinski definition) is 6. The van der Waals surface area contributed by atoms with Crippen LogP contribution in [0.1, 0.15) is 32.4 Å². The zero-order valence-electron chi connectivity index (χ0n) is 17.8. The number of hydrogen-bond donors (Lipinski definition) is 0. The van der Waals surface area contributed by atoms with Crippen molar-refractivity contribution in [3.05, 3.63) is 88.1 Å². The molecule has 1 amide bonds. The van der Waals surface area contributed by atoms with Crippen molar-refractivity contribution in [2.24, 2.45) is 0 Å². The molecule has 32 heavy (non-hydrogen) atoms. The van der Waals surface area contributed by atoms with Gasteiger partial charge in [0.25, 0.3) is 5.91 Å². The first-order valence-electron chi connectivity index (χ1n) is 10.2. The average molecular weight is 447 g/mol. The summed E-state index contributed by atoms with van der Waals surface area (Å²) < 4.78 is 12.7. The molecule has 3 heterocycles. The van der Waals surface area contributed by atoms with Gasteiger partial charge in [0.2, 0.25) is 0 Å². The van der Waals surface area contributed by atoms with Crippen LogP contribution in [0.2, 0.25) is 0 Å². The Hall–Kier alpha value is -3.65. The molecule has 4 aromatic rings. The zero-order chi connectivity index (χ0) is 22.1. The van der Waals surface area contributed by atoms with Gasteiger partial charge in [-0.2, -0.15) is 5.10 Å². The van der Waals surface area contributed by atoms with Crippen molar-refractivity contribution in [3.63, 3.8) is 0 Å². The molecule has 0 spiro atoms. The number of methoxy groups -OCH3 is 2. The van der Waals surface area contributed by atoms with E-state index >= 15 is 0 Å². The third kappa shape index (κ3) is 3.52. The lowest BCUT2D eigenvalue weighted by Crippen LogP contribution is -2.40. The van der Waals surface area contributed by atoms with E-state index < -0.39 is 0 Å². The van der Waals surface area contributed by atoms with E-state index in [1.54, 1.807) is 36.6 Å². The van der Waals surface area contributed by atoms with Gasteiger partial charge in [-0.1, -0.05) is 12.1 Å². The summed E-state index contributed by atoms with van der Waals surface area (Å²) in [6.07, 6.45) is 3.84. The summed E-state index contributed by atoms with van der Waals surface area (Å²) in [6, 6.07) is 15.4. The van der Waals surface area contributed by atoms with E-state index in [-0.39, 0.29) is 11.9 Å². The molecule has 0 bridgehead atoms. The Bertz CT molecular complexity index is 1240. The van der Waals surface area contributed by atoms with Crippen molar-refractivity contribution in [2.45, 2.75) is 12.5 Å². The first-order chi connectivity index (χ1) is 15.7. The Morgan fingerprint density at radius 1 is 1.09 bits per heavy atom. The number of carbonyl (C=O) groups is 1. The lowest BCUT2D eigenvalue weighted by atomic mass is 9.90. The lowest BCUT2D eigenvalue weighted by molar-refractivity contribution is 0.0697. The van der Waals surface area contributed by atoms with Crippen LogP contribution in [0.15, 0.2) is 66.6 Å². The minimum absolute atomic E-state index is 0.0224. The van der Waals surface area contributed by atoms with Crippen LogP contribution in [0.3, 0.4) is 0 Å². The van der Waals surface area contributed by atoms with Crippen molar-refractivity contribution in [1.82, 2.24) is 19.7 Å². The molecule has 7 nitrogen and oxygen atoms in total. The summed E-state index contributed by atoms with van der Waals surface area (Å²) >= 11 is 1.65. The number of carbonyl (C=O) groups excluding carboxylic acids is 1. The summed E-state index contributed by atoms with van der Waals surface area (Å²) in [6.45, 7) is 0.609. The van der Waals surface area contributed by atoms with Gasteiger partial charge in [0.05, 0.1) is 25.9 Å². The molecule has 0 aliphatic carbocycles. The maximum absolute atomic E-state index is 13.7. The fourth-order valence-corrected chi connectivity index (χ4v) is 5.06. The highest BCUT2D eigenvalue weighted by Gasteiger charge is 2.34. The monoisotopic (exact) mass is 446 g/mol. The second kappa shape index (κ2) is 8.47. The van der Waals surface area contributed by atoms with E-state index in [0.717, 1.165) is 22.5 Å². The molecule has 2 aromatic carbocycles. The molecule has 1 aliphatic heterocycles. The first-order valence-corrected chi connectivity index (χ1v) is 11.1. The number of thiophene rings is 1. The van der Waals surface area contributed by atoms with Gasteiger partial charge in [0, 0.05) is 17.0 Å². The third-order valence-electron chi connectivity index (χ3n) is 5.72. The van der Waals surface area contributed by atoms with E-state index in [1.165, 1.54) is 11.9 Å². The number of fused-ring (bicyclic) bond motifs is 1. The summed E-state index contributed by atoms with van der Waals surface area (Å²) in [4.78, 5) is 20.8. The number of nitrogens with zero attached hydrogens (tertiary/aromatic N) is 4. The average Bonchev–Trinajstić information content (AvgIpc) is 3.56. The fourth-order valence-electron chi connectivity index (χ4n) is 4.21. The summed E-state index contributed by atoms with van der Waals surface area (Å²) in [5.74, 6) is 1.34. The molecule has 1 atom stereocenters. The van der Waals surface area contributed by atoms with Gasteiger partial charge in [0.1, 0.15) is 12.7 Å². The summed E-state index contributed by atoms with van der Waals surface area (Å²) in [5.41, 5.74) is 3.65. The third-order valence-corrected chi connectivity index (χ3v) is 6.65. The maximum atomic E-state index is 13.7. The predicted octanol–water partition coefficient (Wildman–Crippen LogP) is 4.13. The second-order valence-corrected chi connectivity index (χ2v) is 8.44. The highest BCUT2D eigenvalue weighted by atomic mass is 32.1. The predicted molar refractivity (Wildman–Crippen MR) is 122 cm³/mol. The van der Waals surface area contributed by atoms with E-state index in [4.69, 9.17) is 9.47 Å². The number of aromatic nitrogens is 3. The minimum atomic E-state index is -0.193. The van der Waals surface area contributed by atoms with Crippen molar-refractivity contribution in [3.8, 4) is 17.2 Å². The van der Waals surface area contributed by atoms with Crippen LogP contribution in [0.5, 0.6) is 11.5 Å². The van der Waals surface area contributed by atoms with E-state index in [9.17, 15) is 4.79 Å². The highest BCUT2D eigenvalue weighted by Crippen LogP contribution is 2.42. The molecule has 0 radical (unpaired) electrons. The zero-order valence-corrected chi connectivity index (χ0v) is 18.6. The van der Waals surface area contributed by atoms with Crippen molar-refractivity contribution < 1.29 is 14.3 Å². The Morgan fingerprint density at radius 3 is 2.66 bits per heavy atom. The first kappa shape index (κ1) is 20.3. The fraction of sp³-hybridized carbons (Fsp3) is 0.208. The summed E-state index contributed by atoms with van der Waals surface area (Å²) in [5, 5.41) is 6.22. The topological polar surface area (TPSA) is 69.5 Å². The van der Waals surface area contributed by atoms with Crippen LogP contribution in [0, 0.1) is 0 Å². The number of amides is 1. The minimum Gasteiger partial charge on any atom is -0.493 e.